The maximum absolute atomic E-state index is 10.5. The van der Waals surface area contributed by atoms with E-state index in [0.29, 0.717) is 0 Å². The summed E-state index contributed by atoms with van der Waals surface area (Å²) in [5.74, 6) is -2.29. The Bertz CT molecular complexity index is 386. The summed E-state index contributed by atoms with van der Waals surface area (Å²) in [6, 6.07) is 1.11. The smallest absolute Gasteiger partial charge is 0.352 e. The number of nitrogens with two attached hydrogens (primary N) is 1. The Hall–Kier alpha value is -1.86. The number of carboxylic acids is 1. The van der Waals surface area contributed by atoms with Crippen molar-refractivity contribution in [2.45, 2.75) is 12.2 Å². The van der Waals surface area contributed by atoms with Crippen molar-refractivity contribution in [2.24, 2.45) is 5.73 Å². The Labute approximate surface area is 84.1 Å². The normalized spacial score (nSPS) is 14.5. The summed E-state index contributed by atoms with van der Waals surface area (Å²) in [5, 5.41) is 27.1. The van der Waals surface area contributed by atoms with Crippen LogP contribution in [-0.4, -0.2) is 38.3 Å². The van der Waals surface area contributed by atoms with E-state index >= 15 is 0 Å². The first-order valence-corrected chi connectivity index (χ1v) is 4.00. The zero-order valence-corrected chi connectivity index (χ0v) is 7.54. The zero-order valence-electron chi connectivity index (χ0n) is 7.54. The number of carbonyl (C=O) groups excluding carboxylic acids is 1. The van der Waals surface area contributed by atoms with Crippen LogP contribution >= 0.6 is 0 Å². The largest absolute Gasteiger partial charge is 0.477 e. The van der Waals surface area contributed by atoms with Gasteiger partial charge in [0.25, 0.3) is 0 Å². The molecule has 0 radical (unpaired) electrons. The van der Waals surface area contributed by atoms with Gasteiger partial charge in [0.15, 0.2) is 6.10 Å². The molecule has 0 spiro atoms. The van der Waals surface area contributed by atoms with Crippen LogP contribution in [0, 0.1) is 0 Å². The molecule has 0 saturated heterocycles. The van der Waals surface area contributed by atoms with Crippen LogP contribution in [0.15, 0.2) is 12.3 Å². The lowest BCUT2D eigenvalue weighted by atomic mass is 10.1. The lowest BCUT2D eigenvalue weighted by Crippen LogP contribution is -2.33. The first-order valence-electron chi connectivity index (χ1n) is 4.00. The standard InChI is InChI=1S/C8H10N2O5/c9-7(13)6(12)5(11)3-1-4(8(14)15)10-2-3/h1-2,5-6,10-12H,(H2,9,13)(H,14,15). The summed E-state index contributed by atoms with van der Waals surface area (Å²) >= 11 is 0. The van der Waals surface area contributed by atoms with Gasteiger partial charge in [-0.05, 0) is 6.07 Å². The first-order chi connectivity index (χ1) is 6.93. The van der Waals surface area contributed by atoms with Crippen molar-refractivity contribution in [2.75, 3.05) is 0 Å². The lowest BCUT2D eigenvalue weighted by Gasteiger charge is -2.12. The van der Waals surface area contributed by atoms with Crippen LogP contribution < -0.4 is 5.73 Å². The van der Waals surface area contributed by atoms with Crippen molar-refractivity contribution in [1.29, 1.82) is 0 Å². The number of rotatable bonds is 4. The van der Waals surface area contributed by atoms with Crippen LogP contribution in [0.3, 0.4) is 0 Å². The summed E-state index contributed by atoms with van der Waals surface area (Å²) in [6.45, 7) is 0. The summed E-state index contributed by atoms with van der Waals surface area (Å²) in [7, 11) is 0. The molecule has 7 nitrogen and oxygen atoms in total. The molecule has 1 aromatic heterocycles. The summed E-state index contributed by atoms with van der Waals surface area (Å²) in [5.41, 5.74) is 4.70. The van der Waals surface area contributed by atoms with Crippen molar-refractivity contribution in [3.05, 3.63) is 23.5 Å². The average molecular weight is 214 g/mol. The molecular weight excluding hydrogens is 204 g/mol. The minimum absolute atomic E-state index is 0.0821. The number of hydrogen-bond acceptors (Lipinski definition) is 4. The number of aromatic amines is 1. The van der Waals surface area contributed by atoms with Crippen molar-refractivity contribution < 1.29 is 24.9 Å². The quantitative estimate of drug-likeness (QED) is 0.419. The van der Waals surface area contributed by atoms with E-state index in [1.54, 1.807) is 0 Å². The highest BCUT2D eigenvalue weighted by atomic mass is 16.4. The van der Waals surface area contributed by atoms with Crippen LogP contribution in [-0.2, 0) is 4.79 Å². The number of aromatic nitrogens is 1. The van der Waals surface area contributed by atoms with Gasteiger partial charge in [0.2, 0.25) is 5.91 Å². The second-order valence-corrected chi connectivity index (χ2v) is 2.94. The predicted molar refractivity (Wildman–Crippen MR) is 47.9 cm³/mol. The average Bonchev–Trinajstić information content (AvgIpc) is 2.64. The Kier molecular flexibility index (Phi) is 3.08. The van der Waals surface area contributed by atoms with Gasteiger partial charge < -0.3 is 26.0 Å². The minimum Gasteiger partial charge on any atom is -0.477 e. The summed E-state index contributed by atoms with van der Waals surface area (Å²) in [4.78, 5) is 23.4. The SMILES string of the molecule is NC(=O)C(O)C(O)c1c[nH]c(C(=O)O)c1. The van der Waals surface area contributed by atoms with Gasteiger partial charge in [0.05, 0.1) is 0 Å². The van der Waals surface area contributed by atoms with Gasteiger partial charge in [-0.1, -0.05) is 0 Å². The number of amides is 1. The van der Waals surface area contributed by atoms with Gasteiger partial charge in [-0.15, -0.1) is 0 Å². The van der Waals surface area contributed by atoms with E-state index in [2.05, 4.69) is 4.98 Å². The highest BCUT2D eigenvalue weighted by molar-refractivity contribution is 5.86. The zero-order chi connectivity index (χ0) is 11.6. The van der Waals surface area contributed by atoms with E-state index in [1.165, 1.54) is 6.20 Å². The van der Waals surface area contributed by atoms with E-state index in [9.17, 15) is 14.7 Å². The molecule has 0 aromatic carbocycles. The number of H-pyrrole nitrogens is 1. The Morgan fingerprint density at radius 2 is 2.00 bits per heavy atom. The molecular formula is C8H10N2O5. The number of aliphatic hydroxyl groups excluding tert-OH is 2. The maximum Gasteiger partial charge on any atom is 0.352 e. The molecule has 0 bridgehead atoms. The van der Waals surface area contributed by atoms with E-state index in [1.807, 2.05) is 0 Å². The van der Waals surface area contributed by atoms with Gasteiger partial charge in [-0.2, -0.15) is 0 Å². The third kappa shape index (κ3) is 2.33. The van der Waals surface area contributed by atoms with Crippen LogP contribution in [0.2, 0.25) is 0 Å². The van der Waals surface area contributed by atoms with Gasteiger partial charge >= 0.3 is 5.97 Å². The lowest BCUT2D eigenvalue weighted by molar-refractivity contribution is -0.131. The molecule has 7 heteroatoms. The molecule has 0 aliphatic carbocycles. The highest BCUT2D eigenvalue weighted by Crippen LogP contribution is 2.17. The second kappa shape index (κ2) is 4.11. The van der Waals surface area contributed by atoms with Crippen LogP contribution in [0.1, 0.15) is 22.2 Å². The third-order valence-electron chi connectivity index (χ3n) is 1.87. The van der Waals surface area contributed by atoms with E-state index in [0.717, 1.165) is 6.07 Å². The van der Waals surface area contributed by atoms with E-state index in [4.69, 9.17) is 15.9 Å². The molecule has 1 aromatic rings. The highest BCUT2D eigenvalue weighted by Gasteiger charge is 2.24. The number of carboxylic acid groups (broad SMARTS) is 1. The van der Waals surface area contributed by atoms with E-state index in [-0.39, 0.29) is 11.3 Å². The molecule has 1 amide bonds. The molecule has 2 atom stereocenters. The van der Waals surface area contributed by atoms with E-state index < -0.39 is 24.1 Å². The molecule has 0 aliphatic heterocycles. The fourth-order valence-corrected chi connectivity index (χ4v) is 1.04. The number of carbonyl (C=O) groups is 2. The van der Waals surface area contributed by atoms with Gasteiger partial charge in [-0.25, -0.2) is 4.79 Å². The van der Waals surface area contributed by atoms with Crippen LogP contribution in [0.4, 0.5) is 0 Å². The monoisotopic (exact) mass is 214 g/mol. The van der Waals surface area contributed by atoms with Gasteiger partial charge in [-0.3, -0.25) is 4.79 Å². The Morgan fingerprint density at radius 3 is 2.40 bits per heavy atom. The third-order valence-corrected chi connectivity index (χ3v) is 1.87. The fourth-order valence-electron chi connectivity index (χ4n) is 1.04. The molecule has 0 fully saturated rings. The second-order valence-electron chi connectivity index (χ2n) is 2.94. The summed E-state index contributed by atoms with van der Waals surface area (Å²) < 4.78 is 0. The van der Waals surface area contributed by atoms with Crippen molar-refractivity contribution in [3.63, 3.8) is 0 Å². The number of nitrogens with one attached hydrogen (secondary N) is 1. The molecule has 2 unspecified atom stereocenters. The van der Waals surface area contributed by atoms with Gasteiger partial charge in [0.1, 0.15) is 11.8 Å². The molecule has 6 N–H and O–H groups in total. The fraction of sp³-hybridized carbons (Fsp3) is 0.250. The number of primary amides is 1. The molecule has 15 heavy (non-hydrogen) atoms. The molecule has 0 aliphatic rings. The van der Waals surface area contributed by atoms with Gasteiger partial charge in [0, 0.05) is 11.8 Å². The predicted octanol–water partition coefficient (Wildman–Crippen LogP) is -1.41. The first kappa shape index (κ1) is 11.2. The molecule has 1 heterocycles. The van der Waals surface area contributed by atoms with Crippen molar-refractivity contribution in [3.8, 4) is 0 Å². The van der Waals surface area contributed by atoms with Crippen LogP contribution in [0.5, 0.6) is 0 Å². The topological polar surface area (TPSA) is 137 Å². The molecule has 1 rings (SSSR count). The molecule has 0 saturated carbocycles. The maximum atomic E-state index is 10.5. The minimum atomic E-state index is -1.76. The van der Waals surface area contributed by atoms with Crippen molar-refractivity contribution in [1.82, 2.24) is 4.98 Å². The number of aromatic carboxylic acids is 1. The number of hydrogen-bond donors (Lipinski definition) is 5. The Balaban J connectivity index is 2.87. The van der Waals surface area contributed by atoms with Crippen LogP contribution in [0.25, 0.3) is 0 Å². The number of aliphatic hydroxyl groups is 2. The van der Waals surface area contributed by atoms with Crippen molar-refractivity contribution >= 4 is 11.9 Å². The summed E-state index contributed by atoms with van der Waals surface area (Å²) in [6.07, 6.45) is -2.12. The molecule has 82 valence electrons. The Morgan fingerprint density at radius 1 is 1.40 bits per heavy atom.